The van der Waals surface area contributed by atoms with Gasteiger partial charge in [0.05, 0.1) is 33.3 Å². The number of imidazole rings is 1. The van der Waals surface area contributed by atoms with Crippen molar-refractivity contribution in [3.63, 3.8) is 0 Å². The maximum atomic E-state index is 14.7. The Bertz CT molecular complexity index is 3250. The molecule has 0 aliphatic rings. The van der Waals surface area contributed by atoms with Crippen LogP contribution in [0.3, 0.4) is 0 Å². The second kappa shape index (κ2) is 16.7. The Balaban J connectivity index is 0.000000221. The third-order valence-corrected chi connectivity index (χ3v) is 11.8. The van der Waals surface area contributed by atoms with Crippen molar-refractivity contribution in [1.29, 1.82) is 0 Å². The monoisotopic (exact) mass is 966 g/mol. The van der Waals surface area contributed by atoms with Gasteiger partial charge in [0, 0.05) is 65.4 Å². The molecule has 9 aromatic rings. The molecule has 293 valence electrons. The summed E-state index contributed by atoms with van der Waals surface area (Å²) < 4.78 is 95.2. The minimum atomic E-state index is -2.54. The van der Waals surface area contributed by atoms with Crippen LogP contribution in [0.2, 0.25) is 19.6 Å². The van der Waals surface area contributed by atoms with E-state index < -0.39 is 40.0 Å². The Morgan fingerprint density at radius 1 is 0.845 bits per heavy atom. The molecule has 0 unspecified atom stereocenters. The molecular formula is C50H45FIrN4OSi-2. The Morgan fingerprint density at radius 3 is 2.31 bits per heavy atom. The number of hydrogen-bond acceptors (Lipinski definition) is 4. The van der Waals surface area contributed by atoms with Crippen LogP contribution in [-0.4, -0.2) is 27.6 Å². The fourth-order valence-electron chi connectivity index (χ4n) is 6.89. The molecule has 0 atom stereocenters. The van der Waals surface area contributed by atoms with Crippen molar-refractivity contribution >= 4 is 46.2 Å². The third-order valence-electron chi connectivity index (χ3n) is 9.75. The van der Waals surface area contributed by atoms with Crippen LogP contribution in [0.4, 0.5) is 4.39 Å². The van der Waals surface area contributed by atoms with E-state index in [9.17, 15) is 7.13 Å². The van der Waals surface area contributed by atoms with E-state index in [1.165, 1.54) is 12.1 Å². The van der Waals surface area contributed by atoms with Crippen molar-refractivity contribution in [3.8, 4) is 33.9 Å². The number of fused-ring (bicyclic) bond motifs is 4. The number of hydrogen-bond donors (Lipinski definition) is 0. The first kappa shape index (κ1) is 30.5. The first-order valence-corrected chi connectivity index (χ1v) is 22.0. The normalized spacial score (nSPS) is 14.7. The number of benzene rings is 5. The van der Waals surface area contributed by atoms with Crippen LogP contribution >= 0.6 is 0 Å². The molecule has 0 saturated carbocycles. The van der Waals surface area contributed by atoms with Crippen molar-refractivity contribution in [2.45, 2.75) is 59.6 Å². The van der Waals surface area contributed by atoms with Crippen molar-refractivity contribution < 1.29 is 41.2 Å². The molecule has 0 bridgehead atoms. The summed E-state index contributed by atoms with van der Waals surface area (Å²) in [5.74, 6) is -1.31. The quantitative estimate of drug-likeness (QED) is 0.118. The van der Waals surface area contributed by atoms with Crippen molar-refractivity contribution in [2.24, 2.45) is 0 Å². The Morgan fingerprint density at radius 2 is 1.57 bits per heavy atom. The van der Waals surface area contributed by atoms with E-state index in [1.807, 2.05) is 54.6 Å². The van der Waals surface area contributed by atoms with Gasteiger partial charge in [-0.1, -0.05) is 146 Å². The molecule has 0 N–H and O–H groups in total. The van der Waals surface area contributed by atoms with Gasteiger partial charge in [-0.2, -0.15) is 0 Å². The first-order chi connectivity index (χ1) is 31.0. The number of furan rings is 1. The number of halogens is 1. The summed E-state index contributed by atoms with van der Waals surface area (Å²) in [7, 11) is -1.74. The van der Waals surface area contributed by atoms with Crippen LogP contribution in [0.25, 0.3) is 66.9 Å². The van der Waals surface area contributed by atoms with Gasteiger partial charge in [0.15, 0.2) is 0 Å². The Kier molecular flexibility index (Phi) is 8.82. The first-order valence-electron chi connectivity index (χ1n) is 23.0. The average Bonchev–Trinajstić information content (AvgIpc) is 3.85. The summed E-state index contributed by atoms with van der Waals surface area (Å²) in [5, 5.41) is 2.69. The zero-order valence-electron chi connectivity index (χ0n) is 41.5. The van der Waals surface area contributed by atoms with Crippen molar-refractivity contribution in [1.82, 2.24) is 19.5 Å². The summed E-state index contributed by atoms with van der Waals surface area (Å²) >= 11 is 0. The minimum absolute atomic E-state index is 0. The number of pyridine rings is 2. The number of rotatable bonds is 7. The fourth-order valence-corrected chi connectivity index (χ4v) is 8.47. The van der Waals surface area contributed by atoms with Gasteiger partial charge in [-0.3, -0.25) is 14.4 Å². The predicted octanol–water partition coefficient (Wildman–Crippen LogP) is 12.5. The molecular weight excluding hydrogens is 912 g/mol. The topological polar surface area (TPSA) is 56.7 Å². The second-order valence-electron chi connectivity index (χ2n) is 15.0. The molecule has 58 heavy (non-hydrogen) atoms. The summed E-state index contributed by atoms with van der Waals surface area (Å²) in [4.78, 5) is 13.8. The smallest absolute Gasteiger partial charge is 0.147 e. The predicted molar refractivity (Wildman–Crippen MR) is 235 cm³/mol. The Hall–Kier alpha value is -5.53. The van der Waals surface area contributed by atoms with Crippen LogP contribution in [0.1, 0.15) is 54.3 Å². The van der Waals surface area contributed by atoms with E-state index in [4.69, 9.17) is 19.0 Å². The molecule has 4 aromatic heterocycles. The molecule has 9 rings (SSSR count). The van der Waals surface area contributed by atoms with E-state index >= 15 is 0 Å². The molecule has 0 spiro atoms. The van der Waals surface area contributed by atoms with Gasteiger partial charge in [-0.25, -0.2) is 0 Å². The molecule has 5 aromatic carbocycles. The summed E-state index contributed by atoms with van der Waals surface area (Å²) in [5.41, 5.74) is 5.71. The summed E-state index contributed by atoms with van der Waals surface area (Å²) in [6.45, 7) is 3.42. The molecule has 0 amide bonds. The van der Waals surface area contributed by atoms with Gasteiger partial charge in [0.2, 0.25) is 0 Å². The number of para-hydroxylation sites is 2. The molecule has 4 heterocycles. The van der Waals surface area contributed by atoms with Crippen molar-refractivity contribution in [3.05, 3.63) is 168 Å². The summed E-state index contributed by atoms with van der Waals surface area (Å²) in [6.07, 6.45) is 3.41. The van der Waals surface area contributed by atoms with E-state index in [0.29, 0.717) is 50.5 Å². The molecule has 0 saturated heterocycles. The zero-order chi connectivity index (χ0) is 47.6. The van der Waals surface area contributed by atoms with Crippen LogP contribution in [0.5, 0.6) is 0 Å². The minimum Gasteiger partial charge on any atom is -0.498 e. The molecule has 1 radical (unpaired) electrons. The molecule has 0 fully saturated rings. The fraction of sp³-hybridized carbons (Fsp3) is 0.180. The largest absolute Gasteiger partial charge is 0.498 e. The van der Waals surface area contributed by atoms with E-state index in [0.717, 1.165) is 27.1 Å². The van der Waals surface area contributed by atoms with Gasteiger partial charge in [0.1, 0.15) is 11.3 Å². The van der Waals surface area contributed by atoms with Crippen LogP contribution < -0.4 is 5.19 Å². The van der Waals surface area contributed by atoms with Gasteiger partial charge in [-0.15, -0.1) is 36.4 Å². The standard InChI is InChI=1S/C32H22N3O.C18H23FNSi.Ir/c1-21-14-16-23(17-15-21)29-31-25(18-19-33-29)24-10-7-11-26(30(24)36-31)32-34-27-12-5-6-13-28(27)35(32)20-22-8-3-2-4-9-22;1-12(2)15-10-16(20-11-17(15)21(4,5)6)14-9-7-8-13(3)18(14)19;/h2-10,12-19H,20H2,1H3;7-8,10-12H,1-6H3;/q2*-1;/i1D3,20D2;3D3,12D;. The van der Waals surface area contributed by atoms with E-state index in [2.05, 4.69) is 41.7 Å². The zero-order valence-corrected chi connectivity index (χ0v) is 35.9. The van der Waals surface area contributed by atoms with Crippen LogP contribution in [-0.2, 0) is 26.6 Å². The summed E-state index contributed by atoms with van der Waals surface area (Å²) in [6, 6.07) is 39.1. The molecule has 0 aliphatic carbocycles. The molecule has 5 nitrogen and oxygen atoms in total. The number of nitrogens with zero attached hydrogens (tertiary/aromatic N) is 4. The van der Waals surface area contributed by atoms with Crippen molar-refractivity contribution in [2.75, 3.05) is 0 Å². The maximum absolute atomic E-state index is 14.7. The van der Waals surface area contributed by atoms with Gasteiger partial charge >= 0.3 is 0 Å². The van der Waals surface area contributed by atoms with E-state index in [1.54, 1.807) is 79.3 Å². The maximum Gasteiger partial charge on any atom is 0.147 e. The SMILES string of the molecule is [2H]C([2H])([2H])c1cc[c-]c(-c2cc(C([2H])(C)C)c([Si](C)(C)C)cn2)c1F.[2H]C([2H])([2H])c1ccc(-c2nccc3c2oc2c(-c4nc5ccccc5n4C([2H])([2H])c4ccccc4)[c-]ccc23)cc1.[Ir]. The van der Waals surface area contributed by atoms with Crippen LogP contribution in [0.15, 0.2) is 132 Å². The molecule has 8 heteroatoms. The average molecular weight is 966 g/mol. The second-order valence-corrected chi connectivity index (χ2v) is 20.0. The third kappa shape index (κ3) is 7.97. The van der Waals surface area contributed by atoms with Gasteiger partial charge < -0.3 is 14.0 Å². The van der Waals surface area contributed by atoms with Gasteiger partial charge in [-0.05, 0) is 47.4 Å². The van der Waals surface area contributed by atoms with E-state index in [-0.39, 0.29) is 36.8 Å². The van der Waals surface area contributed by atoms with Crippen LogP contribution in [0, 0.1) is 31.7 Å². The molecule has 0 aliphatic heterocycles. The van der Waals surface area contributed by atoms with Gasteiger partial charge in [0.25, 0.3) is 0 Å². The number of aromatic nitrogens is 4. The number of aryl methyl sites for hydroxylation is 2. The Labute approximate surface area is 367 Å².